The summed E-state index contributed by atoms with van der Waals surface area (Å²) in [6, 6.07) is 0. The van der Waals surface area contributed by atoms with Crippen molar-refractivity contribution >= 4 is 75.2 Å². The Bertz CT molecular complexity index is 1700. The molecule has 0 aliphatic rings. The Hall–Kier alpha value is -3.38. The molecule has 0 atom stereocenters. The van der Waals surface area contributed by atoms with E-state index in [0.29, 0.717) is 0 Å². The van der Waals surface area contributed by atoms with Crippen LogP contribution in [0.3, 0.4) is 0 Å². The molecule has 176 valence electrons. The first-order valence-electron chi connectivity index (χ1n) is 10.8. The maximum atomic E-state index is 4.57. The highest BCUT2D eigenvalue weighted by Gasteiger charge is 2.19. The molecule has 6 aromatic rings. The van der Waals surface area contributed by atoms with Crippen molar-refractivity contribution in [2.24, 2.45) is 14.1 Å². The van der Waals surface area contributed by atoms with E-state index >= 15 is 0 Å². The highest BCUT2D eigenvalue weighted by molar-refractivity contribution is 7.26. The molecule has 0 bridgehead atoms. The Morgan fingerprint density at radius 3 is 1.88 bits per heavy atom. The van der Waals surface area contributed by atoms with E-state index in [4.69, 9.17) is 0 Å². The molecule has 0 fully saturated rings. The molecular weight excluding hydrogens is 468 g/mol. The van der Waals surface area contributed by atoms with Crippen molar-refractivity contribution in [3.63, 3.8) is 0 Å². The maximum absolute atomic E-state index is 4.57. The lowest BCUT2D eigenvalue weighted by molar-refractivity contribution is 0.787. The summed E-state index contributed by atoms with van der Waals surface area (Å²) in [4.78, 5) is 1.94. The second-order valence-corrected chi connectivity index (χ2v) is 10.2. The van der Waals surface area contributed by atoms with E-state index in [2.05, 4.69) is 55.1 Å². The lowest BCUT2D eigenvalue weighted by Crippen LogP contribution is -1.98. The molecule has 2 N–H and O–H groups in total. The van der Waals surface area contributed by atoms with E-state index in [9.17, 15) is 0 Å². The number of hydrogen-bond donors (Lipinski definition) is 2. The first-order valence-corrected chi connectivity index (χ1v) is 12.4. The zero-order valence-corrected chi connectivity index (χ0v) is 22.0. The molecule has 0 radical (unpaired) electrons. The molecule has 0 saturated carbocycles. The monoisotopic (exact) mass is 494 g/mol. The third kappa shape index (κ3) is 3.20. The van der Waals surface area contributed by atoms with Crippen molar-refractivity contribution in [1.29, 1.82) is 0 Å². The number of hydrogen-bond acceptors (Lipinski definition) is 10. The van der Waals surface area contributed by atoms with Gasteiger partial charge in [0, 0.05) is 39.0 Å². The molecule has 0 aliphatic carbocycles. The van der Waals surface area contributed by atoms with Gasteiger partial charge in [-0.2, -0.15) is 20.4 Å². The van der Waals surface area contributed by atoms with Crippen LogP contribution in [-0.4, -0.2) is 54.1 Å². The Labute approximate surface area is 204 Å². The molecule has 0 amide bonds. The van der Waals surface area contributed by atoms with Crippen LogP contribution < -0.4 is 10.6 Å². The van der Waals surface area contributed by atoms with Crippen LogP contribution in [0.25, 0.3) is 40.9 Å². The lowest BCUT2D eigenvalue weighted by atomic mass is 10.1. The van der Waals surface area contributed by atoms with Gasteiger partial charge in [-0.05, 0) is 38.8 Å². The van der Waals surface area contributed by atoms with Crippen LogP contribution in [0.15, 0.2) is 0 Å². The molecule has 0 saturated heterocycles. The van der Waals surface area contributed by atoms with Crippen molar-refractivity contribution in [1.82, 2.24) is 40.0 Å². The molecule has 10 nitrogen and oxygen atoms in total. The van der Waals surface area contributed by atoms with Crippen LogP contribution in [0.1, 0.15) is 22.5 Å². The Morgan fingerprint density at radius 2 is 1.26 bits per heavy atom. The SMILES string of the molecule is CNc1c2sc3nnc(C)c(C)c3c2nn1C.CNc1nn(C)c2c1sc1nnc(C)c(C)c12. The summed E-state index contributed by atoms with van der Waals surface area (Å²) in [5, 5.41) is 34.5. The van der Waals surface area contributed by atoms with Gasteiger partial charge in [-0.15, -0.1) is 32.9 Å². The Balaban J connectivity index is 0.000000142. The van der Waals surface area contributed by atoms with Crippen molar-refractivity contribution < 1.29 is 0 Å². The summed E-state index contributed by atoms with van der Waals surface area (Å²) in [6.07, 6.45) is 0. The zero-order chi connectivity index (χ0) is 24.3. The Kier molecular flexibility index (Phi) is 5.36. The van der Waals surface area contributed by atoms with Crippen LogP contribution in [0.2, 0.25) is 0 Å². The summed E-state index contributed by atoms with van der Waals surface area (Å²) in [6.45, 7) is 8.13. The average molecular weight is 495 g/mol. The minimum absolute atomic E-state index is 0.905. The standard InChI is InChI=1S/2C11H13N5S/c1-5-6(2)13-14-11-7(5)8-9(17-11)10(12-3)15-16(8)4;1-5-6(2)13-14-11-7(5)8-9(17-11)10(12-3)16(4)15-8/h1-4H3,(H,12,15);12H,1-4H3. The smallest absolute Gasteiger partial charge is 0.165 e. The van der Waals surface area contributed by atoms with Gasteiger partial charge in [0.15, 0.2) is 5.82 Å². The van der Waals surface area contributed by atoms with Crippen molar-refractivity contribution in [3.05, 3.63) is 22.5 Å². The summed E-state index contributed by atoms with van der Waals surface area (Å²) in [7, 11) is 7.70. The highest BCUT2D eigenvalue weighted by atomic mass is 32.1. The fourth-order valence-electron chi connectivity index (χ4n) is 4.15. The van der Waals surface area contributed by atoms with Gasteiger partial charge in [0.05, 0.1) is 26.3 Å². The number of anilines is 2. The van der Waals surface area contributed by atoms with Crippen LogP contribution in [0.5, 0.6) is 0 Å². The first-order chi connectivity index (χ1) is 16.3. The van der Waals surface area contributed by atoms with Crippen molar-refractivity contribution in [3.8, 4) is 0 Å². The van der Waals surface area contributed by atoms with Gasteiger partial charge in [0.1, 0.15) is 21.0 Å². The van der Waals surface area contributed by atoms with Gasteiger partial charge in [0.2, 0.25) is 0 Å². The third-order valence-electron chi connectivity index (χ3n) is 6.20. The van der Waals surface area contributed by atoms with E-state index in [1.807, 2.05) is 51.4 Å². The van der Waals surface area contributed by atoms with E-state index < -0.39 is 0 Å². The molecule has 0 spiro atoms. The number of thiophene rings is 2. The van der Waals surface area contributed by atoms with Crippen molar-refractivity contribution in [2.45, 2.75) is 27.7 Å². The largest absolute Gasteiger partial charge is 0.372 e. The van der Waals surface area contributed by atoms with Gasteiger partial charge < -0.3 is 10.6 Å². The number of aryl methyl sites for hydroxylation is 6. The summed E-state index contributed by atoms with van der Waals surface area (Å²) in [5.41, 5.74) is 6.46. The van der Waals surface area contributed by atoms with E-state index in [1.165, 1.54) is 16.5 Å². The topological polar surface area (TPSA) is 111 Å². The summed E-state index contributed by atoms with van der Waals surface area (Å²) >= 11 is 3.27. The molecule has 0 unspecified atom stereocenters. The number of fused-ring (bicyclic) bond motifs is 6. The highest BCUT2D eigenvalue weighted by Crippen LogP contribution is 2.39. The fraction of sp³-hybridized carbons (Fsp3) is 0.364. The third-order valence-corrected chi connectivity index (χ3v) is 8.34. The molecule has 0 aromatic carbocycles. The van der Waals surface area contributed by atoms with Gasteiger partial charge >= 0.3 is 0 Å². The second kappa shape index (κ2) is 8.13. The predicted octanol–water partition coefficient (Wildman–Crippen LogP) is 4.47. The summed E-state index contributed by atoms with van der Waals surface area (Å²) < 4.78 is 6.07. The van der Waals surface area contributed by atoms with Gasteiger partial charge in [-0.3, -0.25) is 9.36 Å². The fourth-order valence-corrected chi connectivity index (χ4v) is 6.54. The average Bonchev–Trinajstić information content (AvgIpc) is 3.53. The van der Waals surface area contributed by atoms with Crippen molar-refractivity contribution in [2.75, 3.05) is 24.7 Å². The van der Waals surface area contributed by atoms with Gasteiger partial charge in [0.25, 0.3) is 0 Å². The first kappa shape index (κ1) is 22.4. The molecule has 6 aromatic heterocycles. The van der Waals surface area contributed by atoms with Gasteiger partial charge in [-0.25, -0.2) is 0 Å². The quantitative estimate of drug-likeness (QED) is 0.363. The number of rotatable bonds is 2. The molecule has 0 aliphatic heterocycles. The van der Waals surface area contributed by atoms with Crippen LogP contribution >= 0.6 is 22.7 Å². The zero-order valence-electron chi connectivity index (χ0n) is 20.4. The molecule has 34 heavy (non-hydrogen) atoms. The van der Waals surface area contributed by atoms with Crippen LogP contribution in [-0.2, 0) is 14.1 Å². The molecule has 6 rings (SSSR count). The molecule has 6 heterocycles. The number of aromatic nitrogens is 8. The molecular formula is C22H26N10S2. The van der Waals surface area contributed by atoms with Gasteiger partial charge in [-0.1, -0.05) is 0 Å². The second-order valence-electron chi connectivity index (χ2n) is 8.19. The van der Waals surface area contributed by atoms with E-state index in [0.717, 1.165) is 58.5 Å². The summed E-state index contributed by atoms with van der Waals surface area (Å²) in [5.74, 6) is 1.93. The maximum Gasteiger partial charge on any atom is 0.165 e. The van der Waals surface area contributed by atoms with E-state index in [1.54, 1.807) is 22.7 Å². The molecule has 12 heteroatoms. The normalized spacial score (nSPS) is 11.5. The van der Waals surface area contributed by atoms with E-state index in [-0.39, 0.29) is 0 Å². The number of nitrogens with one attached hydrogen (secondary N) is 2. The van der Waals surface area contributed by atoms with Crippen LogP contribution in [0, 0.1) is 27.7 Å². The minimum atomic E-state index is 0.905. The minimum Gasteiger partial charge on any atom is -0.372 e. The van der Waals surface area contributed by atoms with Crippen LogP contribution in [0.4, 0.5) is 11.6 Å². The lowest BCUT2D eigenvalue weighted by Gasteiger charge is -2.00. The predicted molar refractivity (Wildman–Crippen MR) is 141 cm³/mol. The number of nitrogens with zero attached hydrogens (tertiary/aromatic N) is 8. The Morgan fingerprint density at radius 1 is 0.676 bits per heavy atom.